The van der Waals surface area contributed by atoms with Crippen molar-refractivity contribution < 1.29 is 17.2 Å². The Balaban J connectivity index is 1.52. The number of hydrogen-bond acceptors (Lipinski definition) is 4. The lowest BCUT2D eigenvalue weighted by Gasteiger charge is -2.32. The zero-order valence-electron chi connectivity index (χ0n) is 17.1. The van der Waals surface area contributed by atoms with Gasteiger partial charge in [-0.1, -0.05) is 0 Å². The van der Waals surface area contributed by atoms with Crippen LogP contribution in [0.3, 0.4) is 0 Å². The number of halogens is 3. The summed E-state index contributed by atoms with van der Waals surface area (Å²) in [5.74, 6) is -2.19. The van der Waals surface area contributed by atoms with Crippen molar-refractivity contribution in [2.75, 3.05) is 23.1 Å². The van der Waals surface area contributed by atoms with Gasteiger partial charge < -0.3 is 10.6 Å². The van der Waals surface area contributed by atoms with E-state index in [1.54, 1.807) is 6.07 Å². The van der Waals surface area contributed by atoms with Gasteiger partial charge in [0.15, 0.2) is 11.6 Å². The van der Waals surface area contributed by atoms with E-state index in [0.29, 0.717) is 30.9 Å². The Kier molecular flexibility index (Phi) is 6.71. The van der Waals surface area contributed by atoms with E-state index in [2.05, 4.69) is 37.9 Å². The molecule has 1 aliphatic heterocycles. The van der Waals surface area contributed by atoms with Crippen molar-refractivity contribution in [3.63, 3.8) is 0 Å². The van der Waals surface area contributed by atoms with Gasteiger partial charge in [-0.05, 0) is 91.1 Å². The minimum atomic E-state index is -3.91. The molecular formula is C21H25F2IN4O2S. The van der Waals surface area contributed by atoms with E-state index in [4.69, 9.17) is 0 Å². The van der Waals surface area contributed by atoms with Gasteiger partial charge in [0.05, 0.1) is 5.69 Å². The Morgan fingerprint density at radius 3 is 2.29 bits per heavy atom. The van der Waals surface area contributed by atoms with E-state index in [0.717, 1.165) is 28.0 Å². The lowest BCUT2D eigenvalue weighted by Crippen LogP contribution is -2.47. The van der Waals surface area contributed by atoms with Crippen molar-refractivity contribution in [3.05, 3.63) is 51.1 Å². The maximum atomic E-state index is 14.7. The van der Waals surface area contributed by atoms with Gasteiger partial charge in [-0.25, -0.2) is 8.78 Å². The summed E-state index contributed by atoms with van der Waals surface area (Å²) in [6.45, 7) is 2.59. The highest BCUT2D eigenvalue weighted by Crippen LogP contribution is 2.33. The van der Waals surface area contributed by atoms with Crippen LogP contribution < -0.4 is 15.4 Å². The molecule has 0 aromatic heterocycles. The molecule has 0 unspecified atom stereocenters. The summed E-state index contributed by atoms with van der Waals surface area (Å²) >= 11 is 2.16. The van der Waals surface area contributed by atoms with Gasteiger partial charge in [-0.2, -0.15) is 12.7 Å². The molecule has 0 radical (unpaired) electrons. The average molecular weight is 562 g/mol. The van der Waals surface area contributed by atoms with Gasteiger partial charge in [0.1, 0.15) is 5.69 Å². The first-order valence-corrected chi connectivity index (χ1v) is 12.8. The van der Waals surface area contributed by atoms with Crippen molar-refractivity contribution in [2.45, 2.75) is 44.7 Å². The minimum Gasteiger partial charge on any atom is -0.351 e. The Hall–Kier alpha value is -1.50. The van der Waals surface area contributed by atoms with Crippen LogP contribution in [0, 0.1) is 22.1 Å². The number of piperidine rings is 1. The number of anilines is 3. The van der Waals surface area contributed by atoms with Crippen LogP contribution in [-0.4, -0.2) is 37.9 Å². The van der Waals surface area contributed by atoms with Gasteiger partial charge in [0, 0.05) is 34.4 Å². The Bertz CT molecular complexity index is 1070. The fraction of sp³-hybridized carbons (Fsp3) is 0.429. The molecule has 168 valence electrons. The number of nitrogens with one attached hydrogen (secondary N) is 3. The minimum absolute atomic E-state index is 0.0323. The van der Waals surface area contributed by atoms with Crippen molar-refractivity contribution in [3.8, 4) is 0 Å². The molecule has 2 aliphatic rings. The maximum Gasteiger partial charge on any atom is 0.301 e. The second-order valence-corrected chi connectivity index (χ2v) is 11.0. The second-order valence-electron chi connectivity index (χ2n) is 8.09. The molecule has 0 bridgehead atoms. The molecule has 31 heavy (non-hydrogen) atoms. The number of rotatable bonds is 7. The Morgan fingerprint density at radius 1 is 1.00 bits per heavy atom. The summed E-state index contributed by atoms with van der Waals surface area (Å²) in [5.41, 5.74) is 1.13. The summed E-state index contributed by atoms with van der Waals surface area (Å²) < 4.78 is 59.3. The van der Waals surface area contributed by atoms with Crippen LogP contribution in [0.15, 0.2) is 30.3 Å². The summed E-state index contributed by atoms with van der Waals surface area (Å²) in [4.78, 5) is 0. The third kappa shape index (κ3) is 5.47. The number of hydrogen-bond donors (Lipinski definition) is 3. The molecule has 3 N–H and O–H groups in total. The van der Waals surface area contributed by atoms with Crippen LogP contribution in [0.4, 0.5) is 25.8 Å². The van der Waals surface area contributed by atoms with E-state index in [1.165, 1.54) is 23.2 Å². The molecule has 6 nitrogen and oxygen atoms in total. The third-order valence-electron chi connectivity index (χ3n) is 5.62. The summed E-state index contributed by atoms with van der Waals surface area (Å²) in [7, 11) is -3.91. The van der Waals surface area contributed by atoms with Gasteiger partial charge in [0.2, 0.25) is 0 Å². The van der Waals surface area contributed by atoms with E-state index >= 15 is 0 Å². The highest BCUT2D eigenvalue weighted by molar-refractivity contribution is 14.1. The number of aryl methyl sites for hydroxylation is 1. The molecule has 1 saturated carbocycles. The van der Waals surface area contributed by atoms with E-state index in [1.807, 2.05) is 19.1 Å². The van der Waals surface area contributed by atoms with Crippen LogP contribution in [0.25, 0.3) is 0 Å². The first-order valence-electron chi connectivity index (χ1n) is 10.3. The van der Waals surface area contributed by atoms with Crippen molar-refractivity contribution in [2.24, 2.45) is 0 Å². The normalized spacial score (nSPS) is 18.2. The lowest BCUT2D eigenvalue weighted by atomic mass is 10.1. The Labute approximate surface area is 195 Å². The highest BCUT2D eigenvalue weighted by atomic mass is 127. The van der Waals surface area contributed by atoms with Crippen LogP contribution in [0.5, 0.6) is 0 Å². The van der Waals surface area contributed by atoms with Crippen LogP contribution in [0.1, 0.15) is 31.2 Å². The predicted molar refractivity (Wildman–Crippen MR) is 127 cm³/mol. The topological polar surface area (TPSA) is 73.5 Å². The van der Waals surface area contributed by atoms with Crippen molar-refractivity contribution >= 4 is 49.9 Å². The molecule has 1 aliphatic carbocycles. The molecule has 0 atom stereocenters. The quantitative estimate of drug-likeness (QED) is 0.435. The molecule has 10 heteroatoms. The standard InChI is InChI=1S/C21H25F2IN4O2S/c1-13-12-14(24)2-6-18(13)26-21-19(7-5-17(22)20(21)23)27-31(29,30)28-10-8-16(9-11-28)25-15-3-4-15/h2,5-7,12,15-16,25-27H,3-4,8-11H2,1H3. The van der Waals surface area contributed by atoms with Crippen LogP contribution in [0.2, 0.25) is 0 Å². The van der Waals surface area contributed by atoms with Crippen molar-refractivity contribution in [1.29, 1.82) is 0 Å². The molecule has 4 rings (SSSR count). The Morgan fingerprint density at radius 2 is 1.65 bits per heavy atom. The monoisotopic (exact) mass is 562 g/mol. The van der Waals surface area contributed by atoms with E-state index < -0.39 is 21.8 Å². The molecule has 2 fully saturated rings. The molecule has 1 saturated heterocycles. The summed E-state index contributed by atoms with van der Waals surface area (Å²) in [6.07, 6.45) is 3.82. The van der Waals surface area contributed by atoms with Gasteiger partial charge in [0.25, 0.3) is 0 Å². The number of nitrogens with zero attached hydrogens (tertiary/aromatic N) is 1. The first-order chi connectivity index (χ1) is 14.7. The highest BCUT2D eigenvalue weighted by Gasteiger charge is 2.32. The fourth-order valence-corrected chi connectivity index (χ4v) is 5.63. The molecular weight excluding hydrogens is 537 g/mol. The first kappa shape index (κ1) is 22.7. The largest absolute Gasteiger partial charge is 0.351 e. The SMILES string of the molecule is Cc1cc(I)ccc1Nc1c(NS(=O)(=O)N2CCC(NC3CC3)CC2)ccc(F)c1F. The van der Waals surface area contributed by atoms with Gasteiger partial charge in [-0.3, -0.25) is 4.72 Å². The van der Waals surface area contributed by atoms with Gasteiger partial charge in [-0.15, -0.1) is 0 Å². The van der Waals surface area contributed by atoms with Crippen LogP contribution in [-0.2, 0) is 10.2 Å². The molecule has 1 heterocycles. The predicted octanol–water partition coefficient (Wildman–Crippen LogP) is 4.49. The maximum absolute atomic E-state index is 14.7. The zero-order valence-corrected chi connectivity index (χ0v) is 20.1. The molecule has 0 spiro atoms. The molecule has 2 aromatic carbocycles. The molecule has 2 aromatic rings. The number of benzene rings is 2. The summed E-state index contributed by atoms with van der Waals surface area (Å²) in [5, 5.41) is 6.39. The van der Waals surface area contributed by atoms with E-state index in [9.17, 15) is 17.2 Å². The fourth-order valence-electron chi connectivity index (χ4n) is 3.71. The average Bonchev–Trinajstić information content (AvgIpc) is 3.53. The van der Waals surface area contributed by atoms with Crippen molar-refractivity contribution in [1.82, 2.24) is 9.62 Å². The summed E-state index contributed by atoms with van der Waals surface area (Å²) in [6, 6.07) is 8.53. The smallest absolute Gasteiger partial charge is 0.301 e. The van der Waals surface area contributed by atoms with E-state index in [-0.39, 0.29) is 11.4 Å². The second kappa shape index (κ2) is 9.16. The molecule has 0 amide bonds. The zero-order chi connectivity index (χ0) is 22.2. The third-order valence-corrected chi connectivity index (χ3v) is 7.82. The van der Waals surface area contributed by atoms with Gasteiger partial charge >= 0.3 is 10.2 Å². The lowest BCUT2D eigenvalue weighted by molar-refractivity contribution is 0.289. The van der Waals surface area contributed by atoms with Crippen LogP contribution >= 0.6 is 22.6 Å².